The Morgan fingerprint density at radius 1 is 1.19 bits per heavy atom. The number of carbonyl (C=O) groups excluding carboxylic acids is 1. The van der Waals surface area contributed by atoms with E-state index in [9.17, 15) is 9.18 Å². The molecule has 0 bridgehead atoms. The van der Waals surface area contributed by atoms with Crippen molar-refractivity contribution in [1.29, 1.82) is 0 Å². The topological polar surface area (TPSA) is 47.6 Å². The summed E-state index contributed by atoms with van der Waals surface area (Å²) >= 11 is 0. The highest BCUT2D eigenvalue weighted by Gasteiger charge is 2.51. The minimum Gasteiger partial charge on any atom is -0.488 e. The fourth-order valence-electron chi connectivity index (χ4n) is 3.74. The van der Waals surface area contributed by atoms with Gasteiger partial charge in [0.2, 0.25) is 5.91 Å². The van der Waals surface area contributed by atoms with Crippen molar-refractivity contribution in [3.63, 3.8) is 0 Å². The second kappa shape index (κ2) is 6.55. The van der Waals surface area contributed by atoms with E-state index in [-0.39, 0.29) is 17.3 Å². The Morgan fingerprint density at radius 3 is 2.63 bits per heavy atom. The summed E-state index contributed by atoms with van der Waals surface area (Å²) in [5.41, 5.74) is 1.30. The molecule has 142 valence electrons. The summed E-state index contributed by atoms with van der Waals surface area (Å²) in [5, 5.41) is 2.95. The van der Waals surface area contributed by atoms with E-state index < -0.39 is 5.41 Å². The van der Waals surface area contributed by atoms with Gasteiger partial charge in [0.05, 0.1) is 12.0 Å². The third-order valence-electron chi connectivity index (χ3n) is 5.28. The standard InChI is InChI=1S/C22H24FNO3/c1-21(2)14-15-4-3-5-18(19(15)27-21)26-13-12-24-20(25)22(10-11-22)16-6-8-17(23)9-7-16/h3-9H,10-14H2,1-2H3,(H,24,25). The molecule has 0 atom stereocenters. The molecule has 2 aromatic rings. The van der Waals surface area contributed by atoms with Crippen LogP contribution in [0.15, 0.2) is 42.5 Å². The van der Waals surface area contributed by atoms with Gasteiger partial charge in [-0.2, -0.15) is 0 Å². The predicted molar refractivity (Wildman–Crippen MR) is 101 cm³/mol. The zero-order valence-electron chi connectivity index (χ0n) is 15.7. The smallest absolute Gasteiger partial charge is 0.230 e. The molecular formula is C22H24FNO3. The van der Waals surface area contributed by atoms with Crippen molar-refractivity contribution in [3.8, 4) is 11.5 Å². The van der Waals surface area contributed by atoms with E-state index in [2.05, 4.69) is 25.2 Å². The molecule has 0 spiro atoms. The van der Waals surface area contributed by atoms with E-state index in [4.69, 9.17) is 9.47 Å². The molecule has 1 aliphatic heterocycles. The molecule has 2 aromatic carbocycles. The second-order valence-corrected chi connectivity index (χ2v) is 7.98. The summed E-state index contributed by atoms with van der Waals surface area (Å²) in [4.78, 5) is 12.6. The van der Waals surface area contributed by atoms with Gasteiger partial charge in [-0.05, 0) is 50.5 Å². The molecule has 1 aliphatic carbocycles. The Balaban J connectivity index is 1.32. The molecule has 5 heteroatoms. The number of rotatable bonds is 6. The Bertz CT molecular complexity index is 856. The van der Waals surface area contributed by atoms with Gasteiger partial charge in [-0.3, -0.25) is 4.79 Å². The Morgan fingerprint density at radius 2 is 1.93 bits per heavy atom. The molecule has 0 unspecified atom stereocenters. The number of benzene rings is 2. The summed E-state index contributed by atoms with van der Waals surface area (Å²) < 4.78 is 25.0. The van der Waals surface area contributed by atoms with Gasteiger partial charge < -0.3 is 14.8 Å². The van der Waals surface area contributed by atoms with Gasteiger partial charge in [0.25, 0.3) is 0 Å². The number of ether oxygens (including phenoxy) is 2. The number of carbonyl (C=O) groups is 1. The molecule has 1 saturated carbocycles. The molecule has 4 nitrogen and oxygen atoms in total. The normalized spacial score (nSPS) is 18.3. The SMILES string of the molecule is CC1(C)Cc2cccc(OCCNC(=O)C3(c4ccc(F)cc4)CC3)c2O1. The predicted octanol–water partition coefficient (Wildman–Crippen LogP) is 3.77. The van der Waals surface area contributed by atoms with E-state index in [1.807, 2.05) is 12.1 Å². The first kappa shape index (κ1) is 17.8. The van der Waals surface area contributed by atoms with Gasteiger partial charge >= 0.3 is 0 Å². The summed E-state index contributed by atoms with van der Waals surface area (Å²) in [6.45, 7) is 4.89. The fourth-order valence-corrected chi connectivity index (χ4v) is 3.74. The van der Waals surface area contributed by atoms with Gasteiger partial charge in [-0.15, -0.1) is 0 Å². The van der Waals surface area contributed by atoms with Crippen LogP contribution in [-0.4, -0.2) is 24.7 Å². The monoisotopic (exact) mass is 369 g/mol. The molecule has 1 heterocycles. The molecule has 1 N–H and O–H groups in total. The molecule has 0 radical (unpaired) electrons. The molecule has 2 aliphatic rings. The molecule has 0 saturated heterocycles. The van der Waals surface area contributed by atoms with Crippen LogP contribution >= 0.6 is 0 Å². The largest absolute Gasteiger partial charge is 0.488 e. The third-order valence-corrected chi connectivity index (χ3v) is 5.28. The van der Waals surface area contributed by atoms with E-state index in [0.29, 0.717) is 18.9 Å². The van der Waals surface area contributed by atoms with Crippen LogP contribution in [0.4, 0.5) is 4.39 Å². The van der Waals surface area contributed by atoms with Crippen molar-refractivity contribution < 1.29 is 18.7 Å². The van der Waals surface area contributed by atoms with Gasteiger partial charge in [0.15, 0.2) is 11.5 Å². The van der Waals surface area contributed by atoms with Gasteiger partial charge in [0.1, 0.15) is 18.0 Å². The third kappa shape index (κ3) is 3.51. The lowest BCUT2D eigenvalue weighted by Gasteiger charge is -2.19. The molecule has 27 heavy (non-hydrogen) atoms. The Hall–Kier alpha value is -2.56. The second-order valence-electron chi connectivity index (χ2n) is 7.98. The van der Waals surface area contributed by atoms with Crippen LogP contribution in [0.25, 0.3) is 0 Å². The van der Waals surface area contributed by atoms with Crippen LogP contribution in [-0.2, 0) is 16.6 Å². The highest BCUT2D eigenvalue weighted by Crippen LogP contribution is 2.48. The van der Waals surface area contributed by atoms with Crippen molar-refractivity contribution in [1.82, 2.24) is 5.32 Å². The molecule has 1 amide bonds. The maximum atomic E-state index is 13.1. The van der Waals surface area contributed by atoms with Crippen LogP contribution in [0.5, 0.6) is 11.5 Å². The number of fused-ring (bicyclic) bond motifs is 1. The van der Waals surface area contributed by atoms with Gasteiger partial charge in [-0.1, -0.05) is 24.3 Å². The average molecular weight is 369 g/mol. The number of halogens is 1. The lowest BCUT2D eigenvalue weighted by Crippen LogP contribution is -2.37. The van der Waals surface area contributed by atoms with Crippen LogP contribution in [0.2, 0.25) is 0 Å². The van der Waals surface area contributed by atoms with E-state index in [1.165, 1.54) is 12.1 Å². The lowest BCUT2D eigenvalue weighted by molar-refractivity contribution is -0.123. The summed E-state index contributed by atoms with van der Waals surface area (Å²) in [7, 11) is 0. The first-order chi connectivity index (χ1) is 12.9. The lowest BCUT2D eigenvalue weighted by atomic mass is 9.95. The fraction of sp³-hybridized carbons (Fsp3) is 0.409. The van der Waals surface area contributed by atoms with E-state index in [1.54, 1.807) is 12.1 Å². The zero-order chi connectivity index (χ0) is 19.1. The van der Waals surface area contributed by atoms with Crippen LogP contribution < -0.4 is 14.8 Å². The number of hydrogen-bond donors (Lipinski definition) is 1. The van der Waals surface area contributed by atoms with Crippen LogP contribution in [0.1, 0.15) is 37.8 Å². The van der Waals surface area contributed by atoms with E-state index >= 15 is 0 Å². The highest BCUT2D eigenvalue weighted by molar-refractivity contribution is 5.91. The van der Waals surface area contributed by atoms with Crippen molar-refractivity contribution in [2.75, 3.05) is 13.2 Å². The molecule has 0 aromatic heterocycles. The maximum Gasteiger partial charge on any atom is 0.230 e. The van der Waals surface area contributed by atoms with Crippen molar-refractivity contribution >= 4 is 5.91 Å². The minimum absolute atomic E-state index is 0.0200. The summed E-state index contributed by atoms with van der Waals surface area (Å²) in [6, 6.07) is 12.1. The maximum absolute atomic E-state index is 13.1. The van der Waals surface area contributed by atoms with Crippen LogP contribution in [0.3, 0.4) is 0 Å². The minimum atomic E-state index is -0.505. The number of para-hydroxylation sites is 1. The van der Waals surface area contributed by atoms with E-state index in [0.717, 1.165) is 36.1 Å². The molecule has 1 fully saturated rings. The highest BCUT2D eigenvalue weighted by atomic mass is 19.1. The zero-order valence-corrected chi connectivity index (χ0v) is 15.7. The molecule has 4 rings (SSSR count). The Kier molecular flexibility index (Phi) is 4.33. The van der Waals surface area contributed by atoms with Gasteiger partial charge in [0, 0.05) is 12.0 Å². The molecular weight excluding hydrogens is 345 g/mol. The first-order valence-electron chi connectivity index (χ1n) is 9.38. The van der Waals surface area contributed by atoms with Crippen molar-refractivity contribution in [2.45, 2.75) is 44.1 Å². The summed E-state index contributed by atoms with van der Waals surface area (Å²) in [6.07, 6.45) is 2.44. The number of hydrogen-bond acceptors (Lipinski definition) is 3. The van der Waals surface area contributed by atoms with Gasteiger partial charge in [-0.25, -0.2) is 4.39 Å². The number of amides is 1. The quantitative estimate of drug-likeness (QED) is 0.789. The summed E-state index contributed by atoms with van der Waals surface area (Å²) in [5.74, 6) is 1.21. The Labute approximate surface area is 158 Å². The first-order valence-corrected chi connectivity index (χ1v) is 9.38. The van der Waals surface area contributed by atoms with Crippen molar-refractivity contribution in [2.24, 2.45) is 0 Å². The van der Waals surface area contributed by atoms with Crippen molar-refractivity contribution in [3.05, 3.63) is 59.4 Å². The number of nitrogens with one attached hydrogen (secondary N) is 1. The average Bonchev–Trinajstić information content (AvgIpc) is 3.36. The van der Waals surface area contributed by atoms with Crippen LogP contribution in [0, 0.1) is 5.82 Å².